The van der Waals surface area contributed by atoms with Crippen molar-refractivity contribution in [2.75, 3.05) is 18.4 Å². The zero-order chi connectivity index (χ0) is 12.0. The van der Waals surface area contributed by atoms with E-state index in [0.29, 0.717) is 13.1 Å². The van der Waals surface area contributed by atoms with E-state index in [9.17, 15) is 8.42 Å². The van der Waals surface area contributed by atoms with Crippen molar-refractivity contribution in [3.63, 3.8) is 0 Å². The summed E-state index contributed by atoms with van der Waals surface area (Å²) < 4.78 is 25.7. The van der Waals surface area contributed by atoms with Crippen molar-refractivity contribution in [2.45, 2.75) is 11.8 Å². The van der Waals surface area contributed by atoms with Gasteiger partial charge in [0.15, 0.2) is 0 Å². The van der Waals surface area contributed by atoms with Crippen molar-refractivity contribution < 1.29 is 8.42 Å². The number of benzene rings is 1. The predicted molar refractivity (Wildman–Crippen MR) is 66.0 cm³/mol. The summed E-state index contributed by atoms with van der Waals surface area (Å²) in [5, 5.41) is 3.07. The highest BCUT2D eigenvalue weighted by molar-refractivity contribution is 7.89. The fraction of sp³-hybridized carbons (Fsp3) is 0.273. The van der Waals surface area contributed by atoms with Gasteiger partial charge in [-0.15, -0.1) is 6.58 Å². The average molecular weight is 240 g/mol. The van der Waals surface area contributed by atoms with Crippen molar-refractivity contribution in [3.05, 3.63) is 36.9 Å². The molecule has 0 unspecified atom stereocenters. The van der Waals surface area contributed by atoms with E-state index in [1.165, 1.54) is 0 Å². The van der Waals surface area contributed by atoms with E-state index in [1.54, 1.807) is 37.3 Å². The van der Waals surface area contributed by atoms with Gasteiger partial charge in [0.1, 0.15) is 0 Å². The largest absolute Gasteiger partial charge is 0.382 e. The second kappa shape index (κ2) is 5.67. The maximum Gasteiger partial charge on any atom is 0.240 e. The lowest BCUT2D eigenvalue weighted by atomic mass is 10.3. The van der Waals surface area contributed by atoms with Gasteiger partial charge in [0, 0.05) is 18.8 Å². The van der Waals surface area contributed by atoms with Crippen LogP contribution in [0.2, 0.25) is 0 Å². The Labute approximate surface area is 96.4 Å². The Morgan fingerprint density at radius 2 is 1.94 bits per heavy atom. The van der Waals surface area contributed by atoms with Crippen molar-refractivity contribution in [3.8, 4) is 0 Å². The molecule has 1 rings (SSSR count). The molecule has 88 valence electrons. The second-order valence-electron chi connectivity index (χ2n) is 3.20. The summed E-state index contributed by atoms with van der Waals surface area (Å²) in [6, 6.07) is 6.61. The van der Waals surface area contributed by atoms with E-state index in [4.69, 9.17) is 0 Å². The summed E-state index contributed by atoms with van der Waals surface area (Å²) >= 11 is 0. The van der Waals surface area contributed by atoms with Gasteiger partial charge in [0.2, 0.25) is 10.0 Å². The van der Waals surface area contributed by atoms with Crippen LogP contribution in [-0.2, 0) is 10.0 Å². The highest BCUT2D eigenvalue weighted by Gasteiger charge is 2.11. The third-order valence-corrected chi connectivity index (χ3v) is 3.51. The van der Waals surface area contributed by atoms with Crippen molar-refractivity contribution in [1.29, 1.82) is 0 Å². The lowest BCUT2D eigenvalue weighted by Crippen LogP contribution is -2.23. The molecular weight excluding hydrogens is 224 g/mol. The monoisotopic (exact) mass is 240 g/mol. The van der Waals surface area contributed by atoms with Crippen LogP contribution in [0, 0.1) is 0 Å². The number of nitrogens with one attached hydrogen (secondary N) is 2. The molecule has 0 aliphatic carbocycles. The van der Waals surface area contributed by atoms with Crippen molar-refractivity contribution in [1.82, 2.24) is 4.72 Å². The first-order valence-electron chi connectivity index (χ1n) is 5.04. The summed E-state index contributed by atoms with van der Waals surface area (Å²) in [7, 11) is -3.35. The SMILES string of the molecule is C=CCNc1ccc(S(=O)(=O)NCC)cc1. The smallest absolute Gasteiger partial charge is 0.240 e. The lowest BCUT2D eigenvalue weighted by Gasteiger charge is -2.06. The Bertz CT molecular complexity index is 438. The molecule has 1 aromatic rings. The van der Waals surface area contributed by atoms with Crippen LogP contribution >= 0.6 is 0 Å². The van der Waals surface area contributed by atoms with E-state index >= 15 is 0 Å². The molecule has 0 atom stereocenters. The molecule has 0 saturated carbocycles. The van der Waals surface area contributed by atoms with Gasteiger partial charge in [0.25, 0.3) is 0 Å². The Morgan fingerprint density at radius 3 is 2.44 bits per heavy atom. The summed E-state index contributed by atoms with van der Waals surface area (Å²) in [5.74, 6) is 0. The van der Waals surface area contributed by atoms with Crippen LogP contribution in [0.5, 0.6) is 0 Å². The maximum atomic E-state index is 11.6. The third-order valence-electron chi connectivity index (χ3n) is 1.95. The first-order chi connectivity index (χ1) is 7.60. The molecule has 0 aliphatic rings. The van der Waals surface area contributed by atoms with Crippen molar-refractivity contribution >= 4 is 15.7 Å². The van der Waals surface area contributed by atoms with Crippen LogP contribution in [-0.4, -0.2) is 21.5 Å². The van der Waals surface area contributed by atoms with Gasteiger partial charge < -0.3 is 5.32 Å². The Kier molecular flexibility index (Phi) is 4.52. The van der Waals surface area contributed by atoms with Crippen molar-refractivity contribution in [2.24, 2.45) is 0 Å². The molecule has 4 nitrogen and oxygen atoms in total. The molecule has 0 heterocycles. The molecule has 16 heavy (non-hydrogen) atoms. The molecule has 0 saturated heterocycles. The number of hydrogen-bond donors (Lipinski definition) is 2. The number of rotatable bonds is 6. The van der Waals surface area contributed by atoms with E-state index < -0.39 is 10.0 Å². The summed E-state index contributed by atoms with van der Waals surface area (Å²) in [6.07, 6.45) is 1.74. The molecule has 2 N–H and O–H groups in total. The molecule has 0 aromatic heterocycles. The van der Waals surface area contributed by atoms with Crippen LogP contribution in [0.1, 0.15) is 6.92 Å². The van der Waals surface area contributed by atoms with E-state index in [1.807, 2.05) is 0 Å². The molecule has 0 bridgehead atoms. The molecule has 0 amide bonds. The van der Waals surface area contributed by atoms with Gasteiger partial charge in [-0.3, -0.25) is 0 Å². The zero-order valence-corrected chi connectivity index (χ0v) is 10.0. The highest BCUT2D eigenvalue weighted by Crippen LogP contribution is 2.13. The number of hydrogen-bond acceptors (Lipinski definition) is 3. The first kappa shape index (κ1) is 12.7. The maximum absolute atomic E-state index is 11.6. The molecule has 1 aromatic carbocycles. The minimum absolute atomic E-state index is 0.276. The number of sulfonamides is 1. The van der Waals surface area contributed by atoms with Gasteiger partial charge in [0.05, 0.1) is 4.90 Å². The van der Waals surface area contributed by atoms with Crippen LogP contribution in [0.15, 0.2) is 41.8 Å². The fourth-order valence-corrected chi connectivity index (χ4v) is 2.26. The van der Waals surface area contributed by atoms with Crippen LogP contribution in [0.25, 0.3) is 0 Å². The molecule has 0 spiro atoms. The van der Waals surface area contributed by atoms with Gasteiger partial charge >= 0.3 is 0 Å². The van der Waals surface area contributed by atoms with Gasteiger partial charge in [-0.05, 0) is 24.3 Å². The normalized spacial score (nSPS) is 11.1. The molecular formula is C11H16N2O2S. The fourth-order valence-electron chi connectivity index (χ4n) is 1.22. The first-order valence-corrected chi connectivity index (χ1v) is 6.53. The highest BCUT2D eigenvalue weighted by atomic mass is 32.2. The Balaban J connectivity index is 2.82. The Morgan fingerprint density at radius 1 is 1.31 bits per heavy atom. The molecule has 5 heteroatoms. The minimum Gasteiger partial charge on any atom is -0.382 e. The summed E-state index contributed by atoms with van der Waals surface area (Å²) in [4.78, 5) is 0.276. The Hall–Kier alpha value is -1.33. The van der Waals surface area contributed by atoms with Crippen LogP contribution in [0.4, 0.5) is 5.69 Å². The zero-order valence-electron chi connectivity index (χ0n) is 9.23. The minimum atomic E-state index is -3.35. The average Bonchev–Trinajstić information content (AvgIpc) is 2.27. The van der Waals surface area contributed by atoms with Crippen LogP contribution < -0.4 is 10.0 Å². The van der Waals surface area contributed by atoms with Gasteiger partial charge in [-0.1, -0.05) is 13.0 Å². The summed E-state index contributed by atoms with van der Waals surface area (Å²) in [6.45, 7) is 6.38. The number of anilines is 1. The lowest BCUT2D eigenvalue weighted by molar-refractivity contribution is 0.584. The standard InChI is InChI=1S/C11H16N2O2S/c1-3-9-12-10-5-7-11(8-6-10)16(14,15)13-4-2/h3,5-8,12-13H,1,4,9H2,2H3. The predicted octanol–water partition coefficient (Wildman–Crippen LogP) is 1.58. The van der Waals surface area contributed by atoms with E-state index in [0.717, 1.165) is 5.69 Å². The summed E-state index contributed by atoms with van der Waals surface area (Å²) in [5.41, 5.74) is 0.871. The van der Waals surface area contributed by atoms with E-state index in [2.05, 4.69) is 16.6 Å². The third kappa shape index (κ3) is 3.36. The van der Waals surface area contributed by atoms with Gasteiger partial charge in [-0.25, -0.2) is 13.1 Å². The topological polar surface area (TPSA) is 58.2 Å². The van der Waals surface area contributed by atoms with Gasteiger partial charge in [-0.2, -0.15) is 0 Å². The molecule has 0 radical (unpaired) electrons. The van der Waals surface area contributed by atoms with Crippen LogP contribution in [0.3, 0.4) is 0 Å². The quantitative estimate of drug-likeness (QED) is 0.742. The van der Waals surface area contributed by atoms with E-state index in [-0.39, 0.29) is 4.90 Å². The molecule has 0 aliphatic heterocycles. The molecule has 0 fully saturated rings. The second-order valence-corrected chi connectivity index (χ2v) is 4.96.